The molecule has 3 aromatic rings. The molecule has 0 unspecified atom stereocenters. The van der Waals surface area contributed by atoms with Crippen molar-refractivity contribution in [3.63, 3.8) is 0 Å². The molecule has 6 nitrogen and oxygen atoms in total. The zero-order valence-corrected chi connectivity index (χ0v) is 14.8. The molecular weight excluding hydrogens is 377 g/mol. The summed E-state index contributed by atoms with van der Waals surface area (Å²) >= 11 is 11.8. The molecule has 3 rings (SSSR count). The largest absolute Gasteiger partial charge is 0.467 e. The van der Waals surface area contributed by atoms with Gasteiger partial charge in [-0.2, -0.15) is 0 Å². The van der Waals surface area contributed by atoms with Gasteiger partial charge in [0, 0.05) is 27.5 Å². The lowest BCUT2D eigenvalue weighted by atomic mass is 10.2. The maximum Gasteiger partial charge on any atom is 0.270 e. The Morgan fingerprint density at radius 1 is 1.04 bits per heavy atom. The number of carbonyl (C=O) groups is 2. The van der Waals surface area contributed by atoms with E-state index in [9.17, 15) is 9.59 Å². The van der Waals surface area contributed by atoms with E-state index in [0.29, 0.717) is 21.5 Å². The fraction of sp³-hybridized carbons (Fsp3) is 0.0556. The summed E-state index contributed by atoms with van der Waals surface area (Å²) in [7, 11) is 0. The van der Waals surface area contributed by atoms with Gasteiger partial charge in [0.2, 0.25) is 0 Å². The second-order valence-corrected chi connectivity index (χ2v) is 6.18. The van der Waals surface area contributed by atoms with Gasteiger partial charge in [0.1, 0.15) is 11.5 Å². The molecule has 0 radical (unpaired) electrons. The third kappa shape index (κ3) is 4.62. The van der Waals surface area contributed by atoms with Gasteiger partial charge in [-0.25, -0.2) is 0 Å². The van der Waals surface area contributed by atoms with Gasteiger partial charge in [-0.1, -0.05) is 23.2 Å². The van der Waals surface area contributed by atoms with Gasteiger partial charge in [-0.05, 0) is 42.5 Å². The predicted molar refractivity (Wildman–Crippen MR) is 98.5 cm³/mol. The summed E-state index contributed by atoms with van der Waals surface area (Å²) in [4.78, 5) is 28.6. The highest BCUT2D eigenvalue weighted by Gasteiger charge is 2.13. The van der Waals surface area contributed by atoms with Crippen LogP contribution in [0.3, 0.4) is 0 Å². The van der Waals surface area contributed by atoms with Crippen LogP contribution >= 0.6 is 23.2 Å². The Morgan fingerprint density at radius 2 is 1.81 bits per heavy atom. The number of nitrogens with zero attached hydrogens (tertiary/aromatic N) is 1. The maximum absolute atomic E-state index is 12.4. The highest BCUT2D eigenvalue weighted by atomic mass is 35.5. The van der Waals surface area contributed by atoms with Crippen LogP contribution in [-0.2, 0) is 6.54 Å². The maximum atomic E-state index is 12.4. The van der Waals surface area contributed by atoms with Crippen LogP contribution in [-0.4, -0.2) is 16.8 Å². The molecule has 2 N–H and O–H groups in total. The molecule has 8 heteroatoms. The van der Waals surface area contributed by atoms with E-state index in [4.69, 9.17) is 27.6 Å². The molecule has 0 saturated carbocycles. The minimum absolute atomic E-state index is 0.119. The van der Waals surface area contributed by atoms with Crippen LogP contribution in [0.4, 0.5) is 5.69 Å². The van der Waals surface area contributed by atoms with Gasteiger partial charge in [-0.3, -0.25) is 14.6 Å². The van der Waals surface area contributed by atoms with Crippen molar-refractivity contribution in [2.75, 3.05) is 5.32 Å². The summed E-state index contributed by atoms with van der Waals surface area (Å²) in [5, 5.41) is 6.15. The minimum Gasteiger partial charge on any atom is -0.467 e. The Morgan fingerprint density at radius 3 is 2.50 bits per heavy atom. The molecule has 2 heterocycles. The lowest BCUT2D eigenvalue weighted by molar-refractivity contribution is 0.0943. The van der Waals surface area contributed by atoms with Gasteiger partial charge in [0.15, 0.2) is 0 Å². The van der Waals surface area contributed by atoms with Gasteiger partial charge in [0.25, 0.3) is 11.8 Å². The Balaban J connectivity index is 1.69. The summed E-state index contributed by atoms with van der Waals surface area (Å²) in [6, 6.07) is 11.1. The first kappa shape index (κ1) is 18.0. The lowest BCUT2D eigenvalue weighted by Crippen LogP contribution is -2.24. The zero-order valence-electron chi connectivity index (χ0n) is 13.3. The molecule has 0 aliphatic heterocycles. The number of halogens is 2. The van der Waals surface area contributed by atoms with E-state index in [-0.39, 0.29) is 17.8 Å². The molecule has 0 spiro atoms. The van der Waals surface area contributed by atoms with Crippen molar-refractivity contribution in [1.29, 1.82) is 0 Å². The number of nitrogens with one attached hydrogen (secondary N) is 2. The second kappa shape index (κ2) is 8.03. The Labute approximate surface area is 159 Å². The van der Waals surface area contributed by atoms with E-state index >= 15 is 0 Å². The number of amides is 2. The second-order valence-electron chi connectivity index (χ2n) is 5.30. The summed E-state index contributed by atoms with van der Waals surface area (Å²) in [5.74, 6) is -0.210. The van der Waals surface area contributed by atoms with Crippen molar-refractivity contribution >= 4 is 40.7 Å². The van der Waals surface area contributed by atoms with Crippen molar-refractivity contribution in [3.05, 3.63) is 82.0 Å². The van der Waals surface area contributed by atoms with Gasteiger partial charge in [0.05, 0.1) is 12.8 Å². The highest BCUT2D eigenvalue weighted by molar-refractivity contribution is 6.35. The summed E-state index contributed by atoms with van der Waals surface area (Å²) in [6.07, 6.45) is 2.91. The van der Waals surface area contributed by atoms with Crippen molar-refractivity contribution in [2.24, 2.45) is 0 Å². The summed E-state index contributed by atoms with van der Waals surface area (Å²) in [6.45, 7) is 0.227. The average Bonchev–Trinajstić information content (AvgIpc) is 3.12. The Bertz CT molecular complexity index is 922. The normalized spacial score (nSPS) is 10.4. The fourth-order valence-electron chi connectivity index (χ4n) is 2.20. The van der Waals surface area contributed by atoms with Crippen molar-refractivity contribution in [1.82, 2.24) is 10.3 Å². The van der Waals surface area contributed by atoms with Crippen LogP contribution in [0.2, 0.25) is 10.0 Å². The first-order valence-electron chi connectivity index (χ1n) is 7.55. The van der Waals surface area contributed by atoms with Crippen LogP contribution in [0.5, 0.6) is 0 Å². The van der Waals surface area contributed by atoms with Gasteiger partial charge >= 0.3 is 0 Å². The highest BCUT2D eigenvalue weighted by Crippen LogP contribution is 2.23. The van der Waals surface area contributed by atoms with Crippen LogP contribution in [0, 0.1) is 0 Å². The number of anilines is 1. The topological polar surface area (TPSA) is 84.2 Å². The quantitative estimate of drug-likeness (QED) is 0.685. The summed E-state index contributed by atoms with van der Waals surface area (Å²) in [5.41, 5.74) is 0.848. The number of pyridine rings is 1. The SMILES string of the molecule is O=C(Nc1cc(Cl)cc(Cl)c1)c1ccnc(C(=O)NCc2ccco2)c1. The minimum atomic E-state index is -0.415. The lowest BCUT2D eigenvalue weighted by Gasteiger charge is -2.08. The number of hydrogen-bond donors (Lipinski definition) is 2. The molecule has 0 aliphatic carbocycles. The van der Waals surface area contributed by atoms with Crippen LogP contribution in [0.1, 0.15) is 26.6 Å². The molecular formula is C18H13Cl2N3O3. The summed E-state index contributed by atoms with van der Waals surface area (Å²) < 4.78 is 5.15. The zero-order chi connectivity index (χ0) is 18.5. The molecule has 26 heavy (non-hydrogen) atoms. The van der Waals surface area contributed by atoms with E-state index in [2.05, 4.69) is 15.6 Å². The monoisotopic (exact) mass is 389 g/mol. The number of furan rings is 1. The Hall–Kier alpha value is -2.83. The number of rotatable bonds is 5. The van der Waals surface area contributed by atoms with Crippen molar-refractivity contribution < 1.29 is 14.0 Å². The first-order chi connectivity index (χ1) is 12.5. The van der Waals surface area contributed by atoms with Gasteiger partial charge in [-0.15, -0.1) is 0 Å². The molecule has 2 aromatic heterocycles. The van der Waals surface area contributed by atoms with Crippen LogP contribution in [0.15, 0.2) is 59.3 Å². The molecule has 2 amide bonds. The molecule has 0 bridgehead atoms. The molecule has 0 saturated heterocycles. The van der Waals surface area contributed by atoms with Gasteiger partial charge < -0.3 is 15.1 Å². The molecule has 1 aromatic carbocycles. The number of carbonyl (C=O) groups excluding carboxylic acids is 2. The fourth-order valence-corrected chi connectivity index (χ4v) is 2.72. The smallest absolute Gasteiger partial charge is 0.270 e. The van der Waals surface area contributed by atoms with E-state index in [0.717, 1.165) is 0 Å². The Kier molecular flexibility index (Phi) is 5.55. The van der Waals surface area contributed by atoms with E-state index in [1.54, 1.807) is 30.3 Å². The average molecular weight is 390 g/mol. The third-order valence-electron chi connectivity index (χ3n) is 3.38. The predicted octanol–water partition coefficient (Wildman–Crippen LogP) is 4.16. The van der Waals surface area contributed by atoms with E-state index in [1.807, 2.05) is 0 Å². The number of aromatic nitrogens is 1. The molecule has 0 fully saturated rings. The standard InChI is InChI=1S/C18H13Cl2N3O3/c19-12-7-13(20)9-14(8-12)23-17(24)11-3-4-21-16(6-11)18(25)22-10-15-2-1-5-26-15/h1-9H,10H2,(H,22,25)(H,23,24). The molecule has 132 valence electrons. The van der Waals surface area contributed by atoms with Crippen molar-refractivity contribution in [2.45, 2.75) is 6.54 Å². The van der Waals surface area contributed by atoms with Crippen LogP contribution in [0.25, 0.3) is 0 Å². The van der Waals surface area contributed by atoms with E-state index in [1.165, 1.54) is 24.6 Å². The van der Waals surface area contributed by atoms with E-state index < -0.39 is 11.8 Å². The molecule has 0 aliphatic rings. The molecule has 0 atom stereocenters. The third-order valence-corrected chi connectivity index (χ3v) is 3.81. The first-order valence-corrected chi connectivity index (χ1v) is 8.31. The van der Waals surface area contributed by atoms with Crippen LogP contribution < -0.4 is 10.6 Å². The van der Waals surface area contributed by atoms with Crippen molar-refractivity contribution in [3.8, 4) is 0 Å². The number of hydrogen-bond acceptors (Lipinski definition) is 4. The number of benzene rings is 1.